The van der Waals surface area contributed by atoms with E-state index >= 15 is 0 Å². The quantitative estimate of drug-likeness (QED) is 0.755. The Morgan fingerprint density at radius 2 is 2.08 bits per heavy atom. The van der Waals surface area contributed by atoms with Gasteiger partial charge in [-0.15, -0.1) is 0 Å². The van der Waals surface area contributed by atoms with Crippen LogP contribution in [0, 0.1) is 25.2 Å². The van der Waals surface area contributed by atoms with E-state index < -0.39 is 0 Å². The molecule has 0 N–H and O–H groups in total. The predicted octanol–water partition coefficient (Wildman–Crippen LogP) is 2.95. The fourth-order valence-electron chi connectivity index (χ4n) is 1.24. The normalized spacial score (nSPS) is 9.46. The Hall–Kier alpha value is -1.01. The van der Waals surface area contributed by atoms with Gasteiger partial charge in [-0.25, -0.2) is 0 Å². The van der Waals surface area contributed by atoms with E-state index in [4.69, 9.17) is 10.00 Å². The molecule has 0 bridgehead atoms. The molecule has 2 nitrogen and oxygen atoms in total. The van der Waals surface area contributed by atoms with Crippen LogP contribution in [0.5, 0.6) is 5.75 Å². The van der Waals surface area contributed by atoms with Crippen molar-refractivity contribution in [2.24, 2.45) is 0 Å². The lowest BCUT2D eigenvalue weighted by Crippen LogP contribution is -1.95. The topological polar surface area (TPSA) is 33.0 Å². The number of ether oxygens (including phenoxy) is 1. The molecule has 0 aliphatic heterocycles. The summed E-state index contributed by atoms with van der Waals surface area (Å²) in [6.45, 7) is 3.81. The molecule has 0 fully saturated rings. The van der Waals surface area contributed by atoms with Crippen molar-refractivity contribution in [2.45, 2.75) is 13.8 Å². The van der Waals surface area contributed by atoms with Gasteiger partial charge in [-0.3, -0.25) is 0 Å². The van der Waals surface area contributed by atoms with E-state index in [0.29, 0.717) is 11.3 Å². The summed E-state index contributed by atoms with van der Waals surface area (Å²) in [5, 5.41) is 8.90. The number of halogens is 1. The molecule has 0 aliphatic carbocycles. The number of methoxy groups -OCH3 is 1. The van der Waals surface area contributed by atoms with Crippen LogP contribution in [0.15, 0.2) is 10.5 Å². The summed E-state index contributed by atoms with van der Waals surface area (Å²) in [6, 6.07) is 4.06. The number of benzene rings is 1. The Labute approximate surface area is 86.3 Å². The highest BCUT2D eigenvalue weighted by molar-refractivity contribution is 9.10. The minimum Gasteiger partial charge on any atom is -0.495 e. The molecule has 0 heterocycles. The second kappa shape index (κ2) is 3.80. The predicted molar refractivity (Wildman–Crippen MR) is 54.9 cm³/mol. The molecule has 1 aromatic carbocycles. The van der Waals surface area contributed by atoms with Crippen molar-refractivity contribution in [3.63, 3.8) is 0 Å². The lowest BCUT2D eigenvalue weighted by molar-refractivity contribution is 0.409. The smallest absolute Gasteiger partial charge is 0.140 e. The van der Waals surface area contributed by atoms with Crippen LogP contribution in [0.1, 0.15) is 16.7 Å². The van der Waals surface area contributed by atoms with E-state index in [-0.39, 0.29) is 0 Å². The van der Waals surface area contributed by atoms with Gasteiger partial charge in [0.25, 0.3) is 0 Å². The molecule has 0 unspecified atom stereocenters. The molecule has 0 amide bonds. The molecule has 68 valence electrons. The summed E-state index contributed by atoms with van der Waals surface area (Å²) in [5.41, 5.74) is 2.50. The van der Waals surface area contributed by atoms with Crippen molar-refractivity contribution >= 4 is 15.9 Å². The molecule has 13 heavy (non-hydrogen) atoms. The van der Waals surface area contributed by atoms with Crippen molar-refractivity contribution in [3.05, 3.63) is 27.2 Å². The first-order chi connectivity index (χ1) is 6.11. The average molecular weight is 240 g/mol. The fraction of sp³-hybridized carbons (Fsp3) is 0.300. The van der Waals surface area contributed by atoms with Crippen LogP contribution in [0.3, 0.4) is 0 Å². The summed E-state index contributed by atoms with van der Waals surface area (Å²) in [4.78, 5) is 0. The van der Waals surface area contributed by atoms with Gasteiger partial charge >= 0.3 is 0 Å². The van der Waals surface area contributed by atoms with Crippen LogP contribution in [0.2, 0.25) is 0 Å². The minimum absolute atomic E-state index is 0.614. The maximum atomic E-state index is 8.90. The van der Waals surface area contributed by atoms with Gasteiger partial charge in [0.05, 0.1) is 12.7 Å². The summed E-state index contributed by atoms with van der Waals surface area (Å²) < 4.78 is 6.15. The van der Waals surface area contributed by atoms with Crippen molar-refractivity contribution in [1.29, 1.82) is 5.26 Å². The Morgan fingerprint density at radius 1 is 1.46 bits per heavy atom. The lowest BCUT2D eigenvalue weighted by atomic mass is 10.1. The van der Waals surface area contributed by atoms with Crippen molar-refractivity contribution in [2.75, 3.05) is 7.11 Å². The summed E-state index contributed by atoms with van der Waals surface area (Å²) >= 11 is 3.41. The molecule has 0 aromatic heterocycles. The third-order valence-electron chi connectivity index (χ3n) is 1.98. The van der Waals surface area contributed by atoms with Gasteiger partial charge < -0.3 is 4.74 Å². The zero-order valence-corrected chi connectivity index (χ0v) is 9.40. The Kier molecular flexibility index (Phi) is 2.94. The Bertz CT molecular complexity index is 379. The highest BCUT2D eigenvalue weighted by Crippen LogP contribution is 2.31. The first-order valence-corrected chi connectivity index (χ1v) is 4.65. The molecule has 1 rings (SSSR count). The number of hydrogen-bond donors (Lipinski definition) is 0. The van der Waals surface area contributed by atoms with Crippen LogP contribution in [0.25, 0.3) is 0 Å². The number of nitriles is 1. The van der Waals surface area contributed by atoms with Gasteiger partial charge in [0.2, 0.25) is 0 Å². The van der Waals surface area contributed by atoms with Gasteiger partial charge in [0, 0.05) is 10.0 Å². The van der Waals surface area contributed by atoms with Crippen molar-refractivity contribution in [3.8, 4) is 11.8 Å². The van der Waals surface area contributed by atoms with Gasteiger partial charge in [0.1, 0.15) is 11.8 Å². The van der Waals surface area contributed by atoms with E-state index in [1.54, 1.807) is 7.11 Å². The largest absolute Gasteiger partial charge is 0.495 e. The third kappa shape index (κ3) is 1.68. The molecule has 0 atom stereocenters. The monoisotopic (exact) mass is 239 g/mol. The van der Waals surface area contributed by atoms with Crippen LogP contribution < -0.4 is 4.74 Å². The highest BCUT2D eigenvalue weighted by atomic mass is 79.9. The van der Waals surface area contributed by atoms with Crippen molar-refractivity contribution < 1.29 is 4.74 Å². The SMILES string of the molecule is COc1c(C)c(Br)cc(C)c1C#N. The number of nitrogens with zero attached hydrogens (tertiary/aromatic N) is 1. The molecule has 0 aliphatic rings. The van der Waals surface area contributed by atoms with Gasteiger partial charge in [-0.05, 0) is 25.5 Å². The van der Waals surface area contributed by atoms with Gasteiger partial charge in [0.15, 0.2) is 0 Å². The van der Waals surface area contributed by atoms with E-state index in [0.717, 1.165) is 15.6 Å². The molecule has 0 radical (unpaired) electrons. The lowest BCUT2D eigenvalue weighted by Gasteiger charge is -2.10. The summed E-state index contributed by atoms with van der Waals surface area (Å²) in [5.74, 6) is 0.661. The molecule has 0 spiro atoms. The molecule has 0 saturated carbocycles. The van der Waals surface area contributed by atoms with Crippen LogP contribution >= 0.6 is 15.9 Å². The zero-order valence-electron chi connectivity index (χ0n) is 7.81. The maximum absolute atomic E-state index is 8.90. The molecule has 1 aromatic rings. The van der Waals surface area contributed by atoms with Crippen molar-refractivity contribution in [1.82, 2.24) is 0 Å². The van der Waals surface area contributed by atoms with E-state index in [1.165, 1.54) is 0 Å². The third-order valence-corrected chi connectivity index (χ3v) is 2.80. The zero-order chi connectivity index (χ0) is 10.0. The molecular formula is C10H10BrNO. The van der Waals surface area contributed by atoms with Gasteiger partial charge in [-0.2, -0.15) is 5.26 Å². The molecule has 0 saturated heterocycles. The Morgan fingerprint density at radius 3 is 2.54 bits per heavy atom. The van der Waals surface area contributed by atoms with Gasteiger partial charge in [-0.1, -0.05) is 15.9 Å². The second-order valence-corrected chi connectivity index (χ2v) is 3.67. The summed E-state index contributed by atoms with van der Waals surface area (Å²) in [7, 11) is 1.58. The molecule has 3 heteroatoms. The molecular weight excluding hydrogens is 230 g/mol. The number of hydrogen-bond acceptors (Lipinski definition) is 2. The fourth-order valence-corrected chi connectivity index (χ4v) is 1.76. The first kappa shape index (κ1) is 10.1. The minimum atomic E-state index is 0.614. The van der Waals surface area contributed by atoms with E-state index in [1.807, 2.05) is 19.9 Å². The van der Waals surface area contributed by atoms with Crippen LogP contribution in [-0.2, 0) is 0 Å². The standard InChI is InChI=1S/C10H10BrNO/c1-6-4-9(11)7(2)10(13-3)8(6)5-12/h4H,1-3H3. The summed E-state index contributed by atoms with van der Waals surface area (Å²) in [6.07, 6.45) is 0. The van der Waals surface area contributed by atoms with E-state index in [2.05, 4.69) is 22.0 Å². The average Bonchev–Trinajstić information content (AvgIpc) is 2.10. The number of rotatable bonds is 1. The van der Waals surface area contributed by atoms with E-state index in [9.17, 15) is 0 Å². The number of aryl methyl sites for hydroxylation is 1. The van der Waals surface area contributed by atoms with Crippen LogP contribution in [-0.4, -0.2) is 7.11 Å². The second-order valence-electron chi connectivity index (χ2n) is 2.82. The van der Waals surface area contributed by atoms with Crippen LogP contribution in [0.4, 0.5) is 0 Å². The Balaban J connectivity index is 3.53. The highest BCUT2D eigenvalue weighted by Gasteiger charge is 2.11. The maximum Gasteiger partial charge on any atom is 0.140 e. The first-order valence-electron chi connectivity index (χ1n) is 3.85.